The lowest BCUT2D eigenvalue weighted by Gasteiger charge is -2.28. The van der Waals surface area contributed by atoms with Crippen molar-refractivity contribution in [3.05, 3.63) is 0 Å². The molecule has 2 aliphatic rings. The van der Waals surface area contributed by atoms with Crippen LogP contribution in [0.25, 0.3) is 0 Å². The van der Waals surface area contributed by atoms with Gasteiger partial charge < -0.3 is 4.90 Å². The predicted octanol–water partition coefficient (Wildman–Crippen LogP) is 1.86. The molecule has 1 saturated carbocycles. The molecule has 0 unspecified atom stereocenters. The van der Waals surface area contributed by atoms with Crippen LogP contribution in [0.2, 0.25) is 0 Å². The molecule has 0 bridgehead atoms. The molecule has 0 amide bonds. The Labute approximate surface area is 68.1 Å². The normalized spacial score (nSPS) is 25.3. The molecular formula is C9H16N2. The van der Waals surface area contributed by atoms with Crippen molar-refractivity contribution < 1.29 is 0 Å². The highest BCUT2D eigenvalue weighted by Crippen LogP contribution is 2.31. The summed E-state index contributed by atoms with van der Waals surface area (Å²) < 4.78 is 0. The number of hydrogen-bond acceptors (Lipinski definition) is 1. The van der Waals surface area contributed by atoms with Crippen molar-refractivity contribution in [3.63, 3.8) is 0 Å². The maximum Gasteiger partial charge on any atom is 0.0989 e. The largest absolute Gasteiger partial charge is 0.360 e. The van der Waals surface area contributed by atoms with Crippen molar-refractivity contribution >= 4 is 5.84 Å². The van der Waals surface area contributed by atoms with Crippen molar-refractivity contribution in [2.45, 2.75) is 32.1 Å². The van der Waals surface area contributed by atoms with Crippen molar-refractivity contribution in [2.75, 3.05) is 13.1 Å². The summed E-state index contributed by atoms with van der Waals surface area (Å²) in [5.41, 5.74) is 0. The first-order chi connectivity index (χ1) is 5.38. The highest BCUT2D eigenvalue weighted by atomic mass is 15.2. The van der Waals surface area contributed by atoms with E-state index in [1.165, 1.54) is 32.1 Å². The zero-order valence-corrected chi connectivity index (χ0v) is 6.97. The second-order valence-corrected chi connectivity index (χ2v) is 3.71. The van der Waals surface area contributed by atoms with Gasteiger partial charge in [0.15, 0.2) is 0 Å². The van der Waals surface area contributed by atoms with Crippen LogP contribution in [-0.4, -0.2) is 23.8 Å². The second-order valence-electron chi connectivity index (χ2n) is 3.71. The number of nitrogens with zero attached hydrogens (tertiary/aromatic N) is 1. The predicted molar refractivity (Wildman–Crippen MR) is 45.9 cm³/mol. The zero-order chi connectivity index (χ0) is 7.68. The summed E-state index contributed by atoms with van der Waals surface area (Å²) in [5.74, 6) is 1.58. The first kappa shape index (κ1) is 7.14. The fourth-order valence-electron chi connectivity index (χ4n) is 1.75. The Bertz CT molecular complexity index is 155. The Morgan fingerprint density at radius 3 is 2.27 bits per heavy atom. The molecule has 1 N–H and O–H groups in total. The number of amidine groups is 1. The van der Waals surface area contributed by atoms with Crippen molar-refractivity contribution in [1.82, 2.24) is 4.90 Å². The van der Waals surface area contributed by atoms with Crippen LogP contribution in [0.5, 0.6) is 0 Å². The molecule has 2 fully saturated rings. The molecule has 2 heteroatoms. The third-order valence-electron chi connectivity index (χ3n) is 2.66. The molecule has 1 saturated heterocycles. The Balaban J connectivity index is 1.86. The van der Waals surface area contributed by atoms with Gasteiger partial charge in [-0.25, -0.2) is 0 Å². The molecule has 62 valence electrons. The van der Waals surface area contributed by atoms with Gasteiger partial charge in [-0.3, -0.25) is 5.41 Å². The Hall–Kier alpha value is -0.530. The van der Waals surface area contributed by atoms with Crippen LogP contribution in [0.3, 0.4) is 0 Å². The molecule has 0 aromatic carbocycles. The average Bonchev–Trinajstić information content (AvgIpc) is 2.87. The Morgan fingerprint density at radius 2 is 1.73 bits per heavy atom. The molecule has 11 heavy (non-hydrogen) atoms. The van der Waals surface area contributed by atoms with Crippen molar-refractivity contribution in [1.29, 1.82) is 5.41 Å². The molecule has 0 atom stereocenters. The van der Waals surface area contributed by atoms with Crippen LogP contribution < -0.4 is 0 Å². The lowest BCUT2D eigenvalue weighted by molar-refractivity contribution is 0.333. The van der Waals surface area contributed by atoms with Gasteiger partial charge in [0.2, 0.25) is 0 Å². The number of piperidine rings is 1. The highest BCUT2D eigenvalue weighted by Gasteiger charge is 2.30. The van der Waals surface area contributed by atoms with Gasteiger partial charge in [-0.1, -0.05) is 0 Å². The third kappa shape index (κ3) is 1.55. The van der Waals surface area contributed by atoms with E-state index in [2.05, 4.69) is 4.90 Å². The number of hydrogen-bond donors (Lipinski definition) is 1. The minimum absolute atomic E-state index is 0.646. The van der Waals surface area contributed by atoms with E-state index in [1.54, 1.807) is 0 Å². The molecule has 0 aromatic heterocycles. The smallest absolute Gasteiger partial charge is 0.0989 e. The van der Waals surface area contributed by atoms with Gasteiger partial charge in [0.1, 0.15) is 0 Å². The van der Waals surface area contributed by atoms with Gasteiger partial charge >= 0.3 is 0 Å². The summed E-state index contributed by atoms with van der Waals surface area (Å²) in [6, 6.07) is 0. The molecule has 2 nitrogen and oxygen atoms in total. The van der Waals surface area contributed by atoms with E-state index in [-0.39, 0.29) is 0 Å². The summed E-state index contributed by atoms with van der Waals surface area (Å²) in [5, 5.41) is 7.83. The van der Waals surface area contributed by atoms with E-state index in [0.717, 1.165) is 18.9 Å². The minimum Gasteiger partial charge on any atom is -0.360 e. The molecule has 1 heterocycles. The van der Waals surface area contributed by atoms with E-state index >= 15 is 0 Å². The average molecular weight is 152 g/mol. The zero-order valence-electron chi connectivity index (χ0n) is 6.97. The van der Waals surface area contributed by atoms with Crippen LogP contribution >= 0.6 is 0 Å². The molecule has 1 aliphatic carbocycles. The standard InChI is InChI=1S/C9H16N2/c10-9(8-4-5-8)11-6-2-1-3-7-11/h8,10H,1-7H2. The second kappa shape index (κ2) is 2.84. The van der Waals surface area contributed by atoms with Gasteiger partial charge in [0, 0.05) is 19.0 Å². The van der Waals surface area contributed by atoms with Gasteiger partial charge in [-0.2, -0.15) is 0 Å². The van der Waals surface area contributed by atoms with Gasteiger partial charge in [-0.05, 0) is 32.1 Å². The van der Waals surface area contributed by atoms with Crippen LogP contribution in [0.4, 0.5) is 0 Å². The highest BCUT2D eigenvalue weighted by molar-refractivity contribution is 5.83. The summed E-state index contributed by atoms with van der Waals surface area (Å²) in [4.78, 5) is 2.28. The summed E-state index contributed by atoms with van der Waals surface area (Å²) in [7, 11) is 0. The van der Waals surface area contributed by atoms with Crippen LogP contribution in [0.15, 0.2) is 0 Å². The van der Waals surface area contributed by atoms with Crippen LogP contribution in [0, 0.1) is 11.3 Å². The molecule has 0 spiro atoms. The van der Waals surface area contributed by atoms with E-state index in [9.17, 15) is 0 Å². The topological polar surface area (TPSA) is 27.1 Å². The first-order valence-corrected chi connectivity index (χ1v) is 4.71. The summed E-state index contributed by atoms with van der Waals surface area (Å²) >= 11 is 0. The minimum atomic E-state index is 0.646. The quantitative estimate of drug-likeness (QED) is 0.450. The van der Waals surface area contributed by atoms with Crippen LogP contribution in [0.1, 0.15) is 32.1 Å². The lowest BCUT2D eigenvalue weighted by Crippen LogP contribution is -2.36. The third-order valence-corrected chi connectivity index (χ3v) is 2.66. The van der Waals surface area contributed by atoms with E-state index < -0.39 is 0 Å². The molecule has 2 rings (SSSR count). The Morgan fingerprint density at radius 1 is 1.09 bits per heavy atom. The fourth-order valence-corrected chi connectivity index (χ4v) is 1.75. The van der Waals surface area contributed by atoms with E-state index in [0.29, 0.717) is 5.92 Å². The first-order valence-electron chi connectivity index (χ1n) is 4.71. The molecule has 1 aliphatic heterocycles. The summed E-state index contributed by atoms with van der Waals surface area (Å²) in [6.07, 6.45) is 6.52. The SMILES string of the molecule is N=C(C1CC1)N1CCCCC1. The summed E-state index contributed by atoms with van der Waals surface area (Å²) in [6.45, 7) is 2.30. The fraction of sp³-hybridized carbons (Fsp3) is 0.889. The Kier molecular flexibility index (Phi) is 1.84. The number of likely N-dealkylation sites (tertiary alicyclic amines) is 1. The van der Waals surface area contributed by atoms with Crippen molar-refractivity contribution in [2.24, 2.45) is 5.92 Å². The van der Waals surface area contributed by atoms with Crippen LogP contribution in [-0.2, 0) is 0 Å². The van der Waals surface area contributed by atoms with Gasteiger partial charge in [-0.15, -0.1) is 0 Å². The maximum absolute atomic E-state index is 7.83. The molecule has 0 radical (unpaired) electrons. The number of rotatable bonds is 1. The number of nitrogens with one attached hydrogen (secondary N) is 1. The van der Waals surface area contributed by atoms with E-state index in [1.807, 2.05) is 0 Å². The van der Waals surface area contributed by atoms with Crippen molar-refractivity contribution in [3.8, 4) is 0 Å². The maximum atomic E-state index is 7.83. The lowest BCUT2D eigenvalue weighted by atomic mass is 10.1. The monoisotopic (exact) mass is 152 g/mol. The van der Waals surface area contributed by atoms with E-state index in [4.69, 9.17) is 5.41 Å². The molecule has 0 aromatic rings. The van der Waals surface area contributed by atoms with Gasteiger partial charge in [0.25, 0.3) is 0 Å². The molecular weight excluding hydrogens is 136 g/mol. The van der Waals surface area contributed by atoms with Gasteiger partial charge in [0.05, 0.1) is 5.84 Å².